The lowest BCUT2D eigenvalue weighted by atomic mass is 10.0. The summed E-state index contributed by atoms with van der Waals surface area (Å²) in [5.74, 6) is 1.47. The first-order valence-corrected chi connectivity index (χ1v) is 10.2. The lowest BCUT2D eigenvalue weighted by Crippen LogP contribution is -2.29. The number of aryl methyl sites for hydroxylation is 1. The van der Waals surface area contributed by atoms with Gasteiger partial charge in [-0.15, -0.1) is 0 Å². The van der Waals surface area contributed by atoms with Gasteiger partial charge in [-0.2, -0.15) is 4.98 Å². The summed E-state index contributed by atoms with van der Waals surface area (Å²) in [6.45, 7) is 6.85. The molecule has 0 saturated heterocycles. The molecule has 1 amide bonds. The number of H-pyrrole nitrogens is 1. The van der Waals surface area contributed by atoms with Gasteiger partial charge < -0.3 is 14.4 Å². The maximum Gasteiger partial charge on any atom is 0.274 e. The lowest BCUT2D eigenvalue weighted by Gasteiger charge is -2.16. The van der Waals surface area contributed by atoms with Crippen LogP contribution in [0.4, 0.5) is 0 Å². The highest BCUT2D eigenvalue weighted by molar-refractivity contribution is 5.94. The number of rotatable bonds is 6. The minimum atomic E-state index is -0.0139. The fraction of sp³-hybridized carbons (Fsp3) is 0.292. The molecule has 0 radical (unpaired) electrons. The summed E-state index contributed by atoms with van der Waals surface area (Å²) in [6.07, 6.45) is 0.523. The minimum Gasteiger partial charge on any atom is -0.351 e. The van der Waals surface area contributed by atoms with Crippen molar-refractivity contribution in [1.82, 2.24) is 20.0 Å². The number of aromatic amines is 1. The van der Waals surface area contributed by atoms with Gasteiger partial charge in [0.2, 0.25) is 0 Å². The highest BCUT2D eigenvalue weighted by atomic mass is 16.5. The first kappa shape index (κ1) is 19.9. The van der Waals surface area contributed by atoms with Crippen molar-refractivity contribution >= 4 is 16.8 Å². The third kappa shape index (κ3) is 4.13. The Labute approximate surface area is 175 Å². The highest BCUT2D eigenvalue weighted by Crippen LogP contribution is 2.24. The summed E-state index contributed by atoms with van der Waals surface area (Å²) in [5, 5.41) is 5.18. The number of nitrogens with zero attached hydrogens (tertiary/aromatic N) is 3. The summed E-state index contributed by atoms with van der Waals surface area (Å²) in [5.41, 5.74) is 4.93. The molecule has 2 aromatic heterocycles. The number of nitrogens with one attached hydrogen (secondary N) is 1. The molecule has 0 aliphatic carbocycles. The Balaban J connectivity index is 1.40. The third-order valence-corrected chi connectivity index (χ3v) is 5.32. The van der Waals surface area contributed by atoms with E-state index in [-0.39, 0.29) is 5.91 Å². The van der Waals surface area contributed by atoms with E-state index in [1.165, 1.54) is 11.1 Å². The number of hydrogen-bond acceptors (Lipinski definition) is 4. The molecular formula is C24H26N4O2. The molecule has 0 unspecified atom stereocenters. The van der Waals surface area contributed by atoms with Gasteiger partial charge in [0, 0.05) is 36.5 Å². The molecule has 6 heteroatoms. The standard InChI is InChI=1S/C24H26N4O2/c1-15(2)17-6-8-18(9-7-17)24(29)28(4)12-11-22-26-23(30-27-22)21-14-19-13-16(3)5-10-20(19)25-21/h5-10,13-15,25H,11-12H2,1-4H3. The molecule has 4 aromatic rings. The molecule has 2 aromatic carbocycles. The molecule has 6 nitrogen and oxygen atoms in total. The number of amides is 1. The summed E-state index contributed by atoms with van der Waals surface area (Å²) in [6, 6.07) is 16.0. The summed E-state index contributed by atoms with van der Waals surface area (Å²) in [4.78, 5) is 22.1. The summed E-state index contributed by atoms with van der Waals surface area (Å²) >= 11 is 0. The average molecular weight is 402 g/mol. The Hall–Kier alpha value is -3.41. The van der Waals surface area contributed by atoms with Gasteiger partial charge in [-0.25, -0.2) is 0 Å². The number of fused-ring (bicyclic) bond motifs is 1. The van der Waals surface area contributed by atoms with Crippen molar-refractivity contribution in [2.24, 2.45) is 0 Å². The normalized spacial score (nSPS) is 11.4. The van der Waals surface area contributed by atoms with E-state index in [0.717, 1.165) is 16.6 Å². The van der Waals surface area contributed by atoms with Gasteiger partial charge in [0.25, 0.3) is 11.8 Å². The Bertz CT molecular complexity index is 1170. The molecule has 0 bridgehead atoms. The highest BCUT2D eigenvalue weighted by Gasteiger charge is 2.15. The van der Waals surface area contributed by atoms with Gasteiger partial charge in [0.05, 0.1) is 0 Å². The molecule has 0 atom stereocenters. The van der Waals surface area contributed by atoms with Gasteiger partial charge in [-0.1, -0.05) is 42.8 Å². The molecule has 0 fully saturated rings. The van der Waals surface area contributed by atoms with Crippen molar-refractivity contribution in [3.63, 3.8) is 0 Å². The Morgan fingerprint density at radius 1 is 1.13 bits per heavy atom. The molecule has 0 spiro atoms. The molecule has 4 rings (SSSR count). The van der Waals surface area contributed by atoms with Gasteiger partial charge in [-0.3, -0.25) is 4.79 Å². The van der Waals surface area contributed by atoms with E-state index >= 15 is 0 Å². The SMILES string of the molecule is Cc1ccc2[nH]c(-c3nc(CCN(C)C(=O)c4ccc(C(C)C)cc4)no3)cc2c1. The van der Waals surface area contributed by atoms with Crippen LogP contribution < -0.4 is 0 Å². The zero-order chi connectivity index (χ0) is 21.3. The molecule has 30 heavy (non-hydrogen) atoms. The van der Waals surface area contributed by atoms with E-state index in [2.05, 4.69) is 48.0 Å². The maximum absolute atomic E-state index is 12.7. The second kappa shape index (κ2) is 8.14. The van der Waals surface area contributed by atoms with Crippen molar-refractivity contribution in [2.75, 3.05) is 13.6 Å². The van der Waals surface area contributed by atoms with E-state index < -0.39 is 0 Å². The van der Waals surface area contributed by atoms with Crippen molar-refractivity contribution in [3.8, 4) is 11.6 Å². The largest absolute Gasteiger partial charge is 0.351 e. The topological polar surface area (TPSA) is 75.0 Å². The van der Waals surface area contributed by atoms with E-state index in [9.17, 15) is 4.79 Å². The number of carbonyl (C=O) groups excluding carboxylic acids is 1. The van der Waals surface area contributed by atoms with E-state index in [1.807, 2.05) is 36.4 Å². The monoisotopic (exact) mass is 402 g/mol. The smallest absolute Gasteiger partial charge is 0.274 e. The fourth-order valence-corrected chi connectivity index (χ4v) is 3.43. The summed E-state index contributed by atoms with van der Waals surface area (Å²) in [7, 11) is 1.79. The number of carbonyl (C=O) groups is 1. The van der Waals surface area contributed by atoms with Crippen LogP contribution in [0.25, 0.3) is 22.5 Å². The molecule has 0 aliphatic heterocycles. The van der Waals surface area contributed by atoms with Crippen molar-refractivity contribution in [3.05, 3.63) is 71.0 Å². The van der Waals surface area contributed by atoms with Gasteiger partial charge >= 0.3 is 0 Å². The maximum atomic E-state index is 12.7. The number of hydrogen-bond donors (Lipinski definition) is 1. The number of aromatic nitrogens is 3. The van der Waals surface area contributed by atoms with Crippen LogP contribution >= 0.6 is 0 Å². The Kier molecular flexibility index (Phi) is 5.40. The fourth-order valence-electron chi connectivity index (χ4n) is 3.43. The summed E-state index contributed by atoms with van der Waals surface area (Å²) < 4.78 is 5.43. The predicted octanol–water partition coefficient (Wildman–Crippen LogP) is 4.96. The Morgan fingerprint density at radius 2 is 1.90 bits per heavy atom. The molecule has 154 valence electrons. The van der Waals surface area contributed by atoms with Crippen LogP contribution in [-0.2, 0) is 6.42 Å². The lowest BCUT2D eigenvalue weighted by molar-refractivity contribution is 0.0795. The van der Waals surface area contributed by atoms with Crippen molar-refractivity contribution < 1.29 is 9.32 Å². The quantitative estimate of drug-likeness (QED) is 0.494. The van der Waals surface area contributed by atoms with Crippen molar-refractivity contribution in [1.29, 1.82) is 0 Å². The zero-order valence-electron chi connectivity index (χ0n) is 17.8. The third-order valence-electron chi connectivity index (χ3n) is 5.32. The van der Waals surface area contributed by atoms with Crippen LogP contribution in [-0.4, -0.2) is 39.5 Å². The van der Waals surface area contributed by atoms with Crippen LogP contribution in [0.15, 0.2) is 53.1 Å². The molecule has 0 aliphatic rings. The van der Waals surface area contributed by atoms with Crippen LogP contribution in [0, 0.1) is 6.92 Å². The Morgan fingerprint density at radius 3 is 2.63 bits per heavy atom. The van der Waals surface area contributed by atoms with Crippen LogP contribution in [0.5, 0.6) is 0 Å². The van der Waals surface area contributed by atoms with Crippen LogP contribution in [0.2, 0.25) is 0 Å². The predicted molar refractivity (Wildman–Crippen MR) is 118 cm³/mol. The number of benzene rings is 2. The van der Waals surface area contributed by atoms with E-state index in [4.69, 9.17) is 4.52 Å². The van der Waals surface area contributed by atoms with Crippen molar-refractivity contribution in [2.45, 2.75) is 33.1 Å². The van der Waals surface area contributed by atoms with E-state index in [0.29, 0.717) is 36.2 Å². The van der Waals surface area contributed by atoms with Gasteiger partial charge in [0.1, 0.15) is 5.69 Å². The zero-order valence-corrected chi connectivity index (χ0v) is 17.8. The molecule has 0 saturated carbocycles. The van der Waals surface area contributed by atoms with Gasteiger partial charge in [0.15, 0.2) is 5.82 Å². The first-order valence-electron chi connectivity index (χ1n) is 10.2. The number of likely N-dealkylation sites (N-methyl/N-ethyl adjacent to an activating group) is 1. The average Bonchev–Trinajstić information content (AvgIpc) is 3.38. The molecule has 1 N–H and O–H groups in total. The van der Waals surface area contributed by atoms with Gasteiger partial charge in [-0.05, 0) is 48.7 Å². The van der Waals surface area contributed by atoms with E-state index in [1.54, 1.807) is 11.9 Å². The second-order valence-electron chi connectivity index (χ2n) is 8.04. The second-order valence-corrected chi connectivity index (χ2v) is 8.04. The van der Waals surface area contributed by atoms with Crippen LogP contribution in [0.1, 0.15) is 47.1 Å². The molecule has 2 heterocycles. The minimum absolute atomic E-state index is 0.0139. The van der Waals surface area contributed by atoms with Crippen LogP contribution in [0.3, 0.4) is 0 Å². The molecular weight excluding hydrogens is 376 g/mol. The first-order chi connectivity index (χ1) is 14.4.